The van der Waals surface area contributed by atoms with E-state index in [2.05, 4.69) is 20.9 Å². The van der Waals surface area contributed by atoms with Gasteiger partial charge in [0.25, 0.3) is 0 Å². The van der Waals surface area contributed by atoms with Crippen LogP contribution in [-0.4, -0.2) is 59.9 Å². The Morgan fingerprint density at radius 3 is 2.26 bits per heavy atom. The molecule has 3 aromatic rings. The zero-order chi connectivity index (χ0) is 28.4. The van der Waals surface area contributed by atoms with E-state index in [-0.39, 0.29) is 19.3 Å². The van der Waals surface area contributed by atoms with Crippen molar-refractivity contribution in [1.82, 2.24) is 20.9 Å². The molecular formula is C28H31N5O6. The van der Waals surface area contributed by atoms with E-state index in [1.165, 1.54) is 14.0 Å². The third kappa shape index (κ3) is 7.84. The van der Waals surface area contributed by atoms with Crippen LogP contribution in [0.5, 0.6) is 0 Å². The van der Waals surface area contributed by atoms with E-state index < -0.39 is 47.6 Å². The number of rotatable bonds is 13. The molecule has 3 amide bonds. The van der Waals surface area contributed by atoms with Crippen LogP contribution in [0.3, 0.4) is 0 Å². The normalized spacial score (nSPS) is 13.0. The van der Waals surface area contributed by atoms with Crippen LogP contribution in [0.1, 0.15) is 36.9 Å². The number of ether oxygens (including phenoxy) is 1. The quantitative estimate of drug-likeness (QED) is 0.165. The van der Waals surface area contributed by atoms with Gasteiger partial charge in [-0.25, -0.2) is 4.79 Å². The Balaban J connectivity index is 1.84. The molecule has 0 radical (unpaired) electrons. The Bertz CT molecular complexity index is 1350. The van der Waals surface area contributed by atoms with Crippen molar-refractivity contribution in [1.29, 1.82) is 5.41 Å². The van der Waals surface area contributed by atoms with Crippen molar-refractivity contribution >= 4 is 46.6 Å². The summed E-state index contributed by atoms with van der Waals surface area (Å²) in [7, 11) is 1.19. The summed E-state index contributed by atoms with van der Waals surface area (Å²) in [4.78, 5) is 66.0. The van der Waals surface area contributed by atoms with Crippen LogP contribution in [0.4, 0.5) is 0 Å². The third-order valence-corrected chi connectivity index (χ3v) is 6.12. The van der Waals surface area contributed by atoms with Gasteiger partial charge in [0.1, 0.15) is 12.1 Å². The van der Waals surface area contributed by atoms with Crippen LogP contribution >= 0.6 is 0 Å². The topological polar surface area (TPSA) is 170 Å². The second kappa shape index (κ2) is 13.7. The lowest BCUT2D eigenvalue weighted by Gasteiger charge is -2.25. The van der Waals surface area contributed by atoms with Gasteiger partial charge < -0.3 is 31.1 Å². The summed E-state index contributed by atoms with van der Waals surface area (Å²) in [6.45, 7) is 1.28. The van der Waals surface area contributed by atoms with Gasteiger partial charge in [-0.1, -0.05) is 48.5 Å². The smallest absolute Gasteiger partial charge is 0.333 e. The zero-order valence-corrected chi connectivity index (χ0v) is 21.7. The third-order valence-electron chi connectivity index (χ3n) is 6.12. The highest BCUT2D eigenvalue weighted by molar-refractivity contribution is 6.26. The first kappa shape index (κ1) is 28.8. The fourth-order valence-corrected chi connectivity index (χ4v) is 4.16. The molecule has 0 bridgehead atoms. The van der Waals surface area contributed by atoms with Crippen molar-refractivity contribution in [3.63, 3.8) is 0 Å². The van der Waals surface area contributed by atoms with Crippen LogP contribution in [0.25, 0.3) is 10.9 Å². The van der Waals surface area contributed by atoms with Crippen molar-refractivity contribution in [2.45, 2.75) is 44.3 Å². The van der Waals surface area contributed by atoms with Gasteiger partial charge in [0.15, 0.2) is 11.8 Å². The van der Waals surface area contributed by atoms with E-state index in [1.54, 1.807) is 36.5 Å². The molecule has 0 unspecified atom stereocenters. The number of H-pyrrole nitrogens is 1. The Morgan fingerprint density at radius 1 is 0.923 bits per heavy atom. The molecule has 0 aliphatic heterocycles. The highest BCUT2D eigenvalue weighted by atomic mass is 16.5. The Kier molecular flexibility index (Phi) is 10.1. The summed E-state index contributed by atoms with van der Waals surface area (Å²) < 4.78 is 4.84. The molecule has 3 atom stereocenters. The SMILES string of the molecule is COC(=O)[C@@H](NC(=O)[C@H](CCC(=O)C=N)NC(=O)[C@H](Cc1c[nH]c2ccccc12)NC(C)=O)c1ccccc1. The molecule has 11 nitrogen and oxygen atoms in total. The number of esters is 1. The Morgan fingerprint density at radius 2 is 1.59 bits per heavy atom. The molecule has 3 rings (SSSR count). The van der Waals surface area contributed by atoms with E-state index in [0.29, 0.717) is 11.8 Å². The molecule has 204 valence electrons. The lowest BCUT2D eigenvalue weighted by molar-refractivity contribution is -0.145. The number of fused-ring (bicyclic) bond motifs is 1. The number of aromatic nitrogens is 1. The molecule has 0 fully saturated rings. The first-order chi connectivity index (χ1) is 18.7. The van der Waals surface area contributed by atoms with Crippen molar-refractivity contribution in [3.05, 3.63) is 71.9 Å². The Labute approximate surface area is 225 Å². The lowest BCUT2D eigenvalue weighted by atomic mass is 10.0. The van der Waals surface area contributed by atoms with E-state index >= 15 is 0 Å². The molecule has 0 saturated heterocycles. The molecule has 0 aliphatic rings. The fourth-order valence-electron chi connectivity index (χ4n) is 4.16. The number of carbonyl (C=O) groups excluding carboxylic acids is 5. The predicted octanol–water partition coefficient (Wildman–Crippen LogP) is 1.73. The van der Waals surface area contributed by atoms with Crippen LogP contribution < -0.4 is 16.0 Å². The standard InChI is InChI=1S/C28H31N5O6/c1-17(34)31-24(14-19-16-30-22-11-7-6-10-21(19)22)27(37)32-23(13-12-20(35)15-29)26(36)33-25(28(38)39-2)18-8-4-3-5-9-18/h3-11,15-16,23-25,29-30H,12-14H2,1-2H3,(H,31,34)(H,32,37)(H,33,36)/t23-,24-,25-/m0/s1. The molecule has 0 spiro atoms. The average molecular weight is 534 g/mol. The van der Waals surface area contributed by atoms with Gasteiger partial charge in [-0.15, -0.1) is 0 Å². The average Bonchev–Trinajstić information content (AvgIpc) is 3.35. The summed E-state index contributed by atoms with van der Waals surface area (Å²) >= 11 is 0. The van der Waals surface area contributed by atoms with Crippen molar-refractivity contribution < 1.29 is 28.7 Å². The van der Waals surface area contributed by atoms with Gasteiger partial charge in [-0.2, -0.15) is 0 Å². The number of methoxy groups -OCH3 is 1. The van der Waals surface area contributed by atoms with Crippen LogP contribution in [-0.2, 0) is 35.1 Å². The van der Waals surface area contributed by atoms with E-state index in [4.69, 9.17) is 10.1 Å². The highest BCUT2D eigenvalue weighted by Crippen LogP contribution is 2.20. The highest BCUT2D eigenvalue weighted by Gasteiger charge is 2.31. The summed E-state index contributed by atoms with van der Waals surface area (Å²) in [5, 5.41) is 15.9. The predicted molar refractivity (Wildman–Crippen MR) is 144 cm³/mol. The number of benzene rings is 2. The molecule has 39 heavy (non-hydrogen) atoms. The van der Waals surface area contributed by atoms with Gasteiger partial charge in [-0.05, 0) is 23.6 Å². The number of carbonyl (C=O) groups is 5. The van der Waals surface area contributed by atoms with Gasteiger partial charge in [0.2, 0.25) is 17.7 Å². The van der Waals surface area contributed by atoms with E-state index in [9.17, 15) is 24.0 Å². The summed E-state index contributed by atoms with van der Waals surface area (Å²) in [5.74, 6) is -3.07. The van der Waals surface area contributed by atoms with Crippen LogP contribution in [0.15, 0.2) is 60.8 Å². The van der Waals surface area contributed by atoms with Crippen LogP contribution in [0, 0.1) is 5.41 Å². The second-order valence-electron chi connectivity index (χ2n) is 8.90. The second-order valence-corrected chi connectivity index (χ2v) is 8.90. The maximum atomic E-state index is 13.4. The summed E-state index contributed by atoms with van der Waals surface area (Å²) in [5.41, 5.74) is 2.12. The molecule has 2 aromatic carbocycles. The van der Waals surface area contributed by atoms with Crippen molar-refractivity contribution in [2.75, 3.05) is 7.11 Å². The van der Waals surface area contributed by atoms with Gasteiger partial charge >= 0.3 is 5.97 Å². The summed E-state index contributed by atoms with van der Waals surface area (Å²) in [6, 6.07) is 12.5. The molecule has 11 heteroatoms. The van der Waals surface area contributed by atoms with Crippen molar-refractivity contribution in [2.24, 2.45) is 0 Å². The number of hydrogen-bond donors (Lipinski definition) is 5. The maximum absolute atomic E-state index is 13.4. The van der Waals surface area contributed by atoms with Crippen LogP contribution in [0.2, 0.25) is 0 Å². The molecule has 0 aliphatic carbocycles. The molecule has 0 saturated carbocycles. The minimum Gasteiger partial charge on any atom is -0.467 e. The number of nitrogens with one attached hydrogen (secondary N) is 5. The minimum atomic E-state index is -1.24. The number of Topliss-reactive ketones (excluding diaryl/α,β-unsaturated/α-hetero) is 1. The van der Waals surface area contributed by atoms with Gasteiger partial charge in [0, 0.05) is 36.9 Å². The number of amides is 3. The molecule has 1 aromatic heterocycles. The largest absolute Gasteiger partial charge is 0.467 e. The number of aromatic amines is 1. The first-order valence-corrected chi connectivity index (χ1v) is 12.3. The minimum absolute atomic E-state index is 0.131. The zero-order valence-electron chi connectivity index (χ0n) is 21.7. The first-order valence-electron chi connectivity index (χ1n) is 12.3. The fraction of sp³-hybridized carbons (Fsp3) is 0.286. The Hall–Kier alpha value is -4.80. The monoisotopic (exact) mass is 533 g/mol. The summed E-state index contributed by atoms with van der Waals surface area (Å²) in [6.07, 6.45) is 2.20. The number of para-hydroxylation sites is 1. The lowest BCUT2D eigenvalue weighted by Crippen LogP contribution is -2.55. The maximum Gasteiger partial charge on any atom is 0.333 e. The molecule has 1 heterocycles. The van der Waals surface area contributed by atoms with Gasteiger partial charge in [-0.3, -0.25) is 19.2 Å². The van der Waals surface area contributed by atoms with E-state index in [0.717, 1.165) is 16.5 Å². The number of ketones is 1. The van der Waals surface area contributed by atoms with E-state index in [1.807, 2.05) is 24.3 Å². The number of hydrogen-bond acceptors (Lipinski definition) is 7. The van der Waals surface area contributed by atoms with Gasteiger partial charge in [0.05, 0.1) is 13.3 Å². The molecule has 5 N–H and O–H groups in total. The van der Waals surface area contributed by atoms with Crippen molar-refractivity contribution in [3.8, 4) is 0 Å². The molecular weight excluding hydrogens is 502 g/mol.